The van der Waals surface area contributed by atoms with E-state index in [0.717, 1.165) is 0 Å². The second kappa shape index (κ2) is 5.61. The molecule has 0 saturated carbocycles. The van der Waals surface area contributed by atoms with Gasteiger partial charge in [0, 0.05) is 6.07 Å². The van der Waals surface area contributed by atoms with Crippen molar-refractivity contribution in [1.29, 1.82) is 0 Å². The van der Waals surface area contributed by atoms with E-state index in [1.54, 1.807) is 0 Å². The fourth-order valence-electron chi connectivity index (χ4n) is 2.15. The first-order chi connectivity index (χ1) is 9.88. The van der Waals surface area contributed by atoms with E-state index in [-0.39, 0.29) is 24.5 Å². The summed E-state index contributed by atoms with van der Waals surface area (Å²) >= 11 is 0. The van der Waals surface area contributed by atoms with Gasteiger partial charge in [-0.25, -0.2) is 0 Å². The Morgan fingerprint density at radius 3 is 2.76 bits per heavy atom. The highest BCUT2D eigenvalue weighted by Gasteiger charge is 2.47. The zero-order valence-corrected chi connectivity index (χ0v) is 11.8. The molecule has 0 aliphatic carbocycles. The third kappa shape index (κ3) is 2.78. The van der Waals surface area contributed by atoms with Crippen LogP contribution < -0.4 is 10.1 Å². The summed E-state index contributed by atoms with van der Waals surface area (Å²) < 4.78 is 10.1. The lowest BCUT2D eigenvalue weighted by Crippen LogP contribution is -2.49. The smallest absolute Gasteiger partial charge is 0.313 e. The molecular formula is C14H17NO6. The Morgan fingerprint density at radius 2 is 2.19 bits per heavy atom. The quantitative estimate of drug-likeness (QED) is 0.752. The van der Waals surface area contributed by atoms with Crippen molar-refractivity contribution < 1.29 is 29.3 Å². The Balaban J connectivity index is 2.16. The lowest BCUT2D eigenvalue weighted by Gasteiger charge is -2.25. The molecule has 1 saturated heterocycles. The van der Waals surface area contributed by atoms with E-state index in [2.05, 4.69) is 5.32 Å². The molecule has 2 rings (SSSR count). The van der Waals surface area contributed by atoms with Crippen molar-refractivity contribution in [1.82, 2.24) is 5.32 Å². The van der Waals surface area contributed by atoms with Crippen LogP contribution in [0.15, 0.2) is 18.2 Å². The van der Waals surface area contributed by atoms with Crippen LogP contribution in [-0.2, 0) is 9.53 Å². The monoisotopic (exact) mass is 295 g/mol. The van der Waals surface area contributed by atoms with Crippen LogP contribution in [0.25, 0.3) is 0 Å². The summed E-state index contributed by atoms with van der Waals surface area (Å²) in [7, 11) is 1.45. The van der Waals surface area contributed by atoms with Crippen LogP contribution in [0.3, 0.4) is 0 Å². The number of amides is 1. The number of ether oxygens (including phenoxy) is 2. The minimum atomic E-state index is -1.18. The third-order valence-corrected chi connectivity index (χ3v) is 3.70. The normalized spacial score (nSPS) is 24.6. The second-order valence-electron chi connectivity index (χ2n) is 5.15. The predicted molar refractivity (Wildman–Crippen MR) is 72.5 cm³/mol. The molecule has 1 heterocycles. The maximum atomic E-state index is 12.2. The van der Waals surface area contributed by atoms with Gasteiger partial charge >= 0.3 is 5.97 Å². The first-order valence-electron chi connectivity index (χ1n) is 6.37. The molecule has 1 aliphatic rings. The summed E-state index contributed by atoms with van der Waals surface area (Å²) in [6, 6.07) is 3.60. The van der Waals surface area contributed by atoms with Crippen molar-refractivity contribution in [3.63, 3.8) is 0 Å². The zero-order chi connectivity index (χ0) is 15.6. The van der Waals surface area contributed by atoms with Gasteiger partial charge in [0.2, 0.25) is 0 Å². The minimum absolute atomic E-state index is 0.0296. The van der Waals surface area contributed by atoms with Crippen molar-refractivity contribution in [3.8, 4) is 11.5 Å². The number of aromatic hydroxyl groups is 1. The topological polar surface area (TPSA) is 105 Å². The van der Waals surface area contributed by atoms with E-state index >= 15 is 0 Å². The van der Waals surface area contributed by atoms with Crippen molar-refractivity contribution in [2.24, 2.45) is 5.41 Å². The van der Waals surface area contributed by atoms with E-state index < -0.39 is 23.3 Å². The molecule has 0 spiro atoms. The van der Waals surface area contributed by atoms with Crippen molar-refractivity contribution in [2.75, 3.05) is 20.3 Å². The third-order valence-electron chi connectivity index (χ3n) is 3.70. The van der Waals surface area contributed by atoms with Gasteiger partial charge in [-0.15, -0.1) is 0 Å². The van der Waals surface area contributed by atoms with Crippen molar-refractivity contribution in [3.05, 3.63) is 23.8 Å². The van der Waals surface area contributed by atoms with Gasteiger partial charge < -0.3 is 25.0 Å². The molecule has 1 aliphatic heterocycles. The number of carbonyl (C=O) groups is 2. The highest BCUT2D eigenvalue weighted by molar-refractivity contribution is 5.97. The number of phenolic OH excluding ortho intramolecular Hbond substituents is 1. The van der Waals surface area contributed by atoms with Gasteiger partial charge in [0.15, 0.2) is 0 Å². The summed E-state index contributed by atoms with van der Waals surface area (Å²) in [6.07, 6.45) is 0. The van der Waals surface area contributed by atoms with E-state index in [0.29, 0.717) is 5.75 Å². The molecule has 7 heteroatoms. The number of benzene rings is 1. The number of nitrogens with one attached hydrogen (secondary N) is 1. The standard InChI is InChI=1S/C14H17NO6/c1-14(13(18)19)7-21-6-11(14)15-12(17)9-4-3-8(20-2)5-10(9)16/h3-5,11,16H,6-7H2,1-2H3,(H,15,17)(H,18,19). The van der Waals surface area contributed by atoms with Gasteiger partial charge in [0.25, 0.3) is 5.91 Å². The first-order valence-corrected chi connectivity index (χ1v) is 6.37. The van der Waals surface area contributed by atoms with Gasteiger partial charge in [0.1, 0.15) is 16.9 Å². The van der Waals surface area contributed by atoms with E-state index in [1.807, 2.05) is 0 Å². The predicted octanol–water partition coefficient (Wildman–Crippen LogP) is 0.620. The maximum Gasteiger partial charge on any atom is 0.313 e. The van der Waals surface area contributed by atoms with E-state index in [9.17, 15) is 19.8 Å². The fraction of sp³-hybridized carbons (Fsp3) is 0.429. The summed E-state index contributed by atoms with van der Waals surface area (Å²) in [6.45, 7) is 1.66. The maximum absolute atomic E-state index is 12.2. The van der Waals surface area contributed by atoms with Crippen LogP contribution >= 0.6 is 0 Å². The number of carboxylic acid groups (broad SMARTS) is 1. The number of carboxylic acids is 1. The summed E-state index contributed by atoms with van der Waals surface area (Å²) in [4.78, 5) is 23.5. The summed E-state index contributed by atoms with van der Waals surface area (Å²) in [5, 5.41) is 21.7. The molecule has 1 aromatic carbocycles. The number of hydrogen-bond acceptors (Lipinski definition) is 5. The van der Waals surface area contributed by atoms with Gasteiger partial charge in [0.05, 0.1) is 31.9 Å². The van der Waals surface area contributed by atoms with E-state index in [1.165, 1.54) is 32.2 Å². The number of phenols is 1. The Labute approximate surface area is 121 Å². The van der Waals surface area contributed by atoms with Crippen LogP contribution in [0, 0.1) is 5.41 Å². The van der Waals surface area contributed by atoms with Gasteiger partial charge in [-0.2, -0.15) is 0 Å². The number of hydrogen-bond donors (Lipinski definition) is 3. The SMILES string of the molecule is COc1ccc(C(=O)NC2COCC2(C)C(=O)O)c(O)c1. The molecule has 0 aromatic heterocycles. The molecule has 1 aromatic rings. The second-order valence-corrected chi connectivity index (χ2v) is 5.15. The highest BCUT2D eigenvalue weighted by atomic mass is 16.5. The summed E-state index contributed by atoms with van der Waals surface area (Å²) in [5.41, 5.74) is -1.13. The molecule has 2 atom stereocenters. The Hall–Kier alpha value is -2.28. The molecule has 2 unspecified atom stereocenters. The van der Waals surface area contributed by atoms with Crippen molar-refractivity contribution >= 4 is 11.9 Å². The Morgan fingerprint density at radius 1 is 1.48 bits per heavy atom. The minimum Gasteiger partial charge on any atom is -0.507 e. The average molecular weight is 295 g/mol. The van der Waals surface area contributed by atoms with Crippen LogP contribution in [0.2, 0.25) is 0 Å². The van der Waals surface area contributed by atoms with Gasteiger partial charge in [-0.3, -0.25) is 9.59 Å². The molecule has 0 radical (unpaired) electrons. The molecule has 1 fully saturated rings. The highest BCUT2D eigenvalue weighted by Crippen LogP contribution is 2.30. The van der Waals surface area contributed by atoms with Gasteiger partial charge in [-0.1, -0.05) is 0 Å². The first kappa shape index (κ1) is 15.1. The Bertz CT molecular complexity index is 573. The number of rotatable bonds is 4. The molecular weight excluding hydrogens is 278 g/mol. The fourth-order valence-corrected chi connectivity index (χ4v) is 2.15. The van der Waals surface area contributed by atoms with Crippen LogP contribution in [0.4, 0.5) is 0 Å². The number of methoxy groups -OCH3 is 1. The number of aliphatic carboxylic acids is 1. The zero-order valence-electron chi connectivity index (χ0n) is 11.8. The van der Waals surface area contributed by atoms with Crippen molar-refractivity contribution in [2.45, 2.75) is 13.0 Å². The Kier molecular flexibility index (Phi) is 4.04. The van der Waals surface area contributed by atoms with Crippen LogP contribution in [0.5, 0.6) is 11.5 Å². The molecule has 7 nitrogen and oxygen atoms in total. The molecule has 21 heavy (non-hydrogen) atoms. The lowest BCUT2D eigenvalue weighted by molar-refractivity contribution is -0.148. The van der Waals surface area contributed by atoms with Gasteiger partial charge in [-0.05, 0) is 19.1 Å². The lowest BCUT2D eigenvalue weighted by atomic mass is 9.85. The summed E-state index contributed by atoms with van der Waals surface area (Å²) in [5.74, 6) is -1.41. The largest absolute Gasteiger partial charge is 0.507 e. The average Bonchev–Trinajstić information content (AvgIpc) is 2.81. The van der Waals surface area contributed by atoms with Crippen LogP contribution in [0.1, 0.15) is 17.3 Å². The molecule has 3 N–H and O–H groups in total. The van der Waals surface area contributed by atoms with E-state index in [4.69, 9.17) is 9.47 Å². The molecule has 1 amide bonds. The number of carbonyl (C=O) groups excluding carboxylic acids is 1. The molecule has 114 valence electrons. The molecule has 0 bridgehead atoms. The van der Waals surface area contributed by atoms with Crippen LogP contribution in [-0.4, -0.2) is 48.5 Å².